The maximum absolute atomic E-state index is 12.9. The zero-order valence-electron chi connectivity index (χ0n) is 15.2. The second-order valence-electron chi connectivity index (χ2n) is 7.14. The zero-order chi connectivity index (χ0) is 18.3. The molecule has 3 aromatic rings. The van der Waals surface area contributed by atoms with E-state index in [-0.39, 0.29) is 5.56 Å². The van der Waals surface area contributed by atoms with Crippen molar-refractivity contribution in [3.63, 3.8) is 0 Å². The average Bonchev–Trinajstić information content (AvgIpc) is 3.20. The minimum Gasteiger partial charge on any atom is -0.338 e. The third-order valence-electron chi connectivity index (χ3n) is 4.58. The molecule has 0 saturated heterocycles. The van der Waals surface area contributed by atoms with Gasteiger partial charge in [0.1, 0.15) is 4.83 Å². The fraction of sp³-hybridized carbons (Fsp3) is 0.556. The third kappa shape index (κ3) is 3.32. The summed E-state index contributed by atoms with van der Waals surface area (Å²) in [5, 5.41) is 5.54. The van der Waals surface area contributed by atoms with E-state index in [9.17, 15) is 4.79 Å². The van der Waals surface area contributed by atoms with Crippen LogP contribution in [-0.4, -0.2) is 19.7 Å². The van der Waals surface area contributed by atoms with Gasteiger partial charge in [0.15, 0.2) is 11.0 Å². The summed E-state index contributed by atoms with van der Waals surface area (Å²) in [6.07, 6.45) is 5.24. The van der Waals surface area contributed by atoms with Gasteiger partial charge in [0.05, 0.1) is 11.1 Å². The van der Waals surface area contributed by atoms with Gasteiger partial charge < -0.3 is 4.52 Å². The zero-order valence-corrected chi connectivity index (χ0v) is 16.9. The largest absolute Gasteiger partial charge is 0.338 e. The molecule has 1 aliphatic carbocycles. The van der Waals surface area contributed by atoms with E-state index >= 15 is 0 Å². The summed E-state index contributed by atoms with van der Waals surface area (Å²) in [6, 6.07) is 0. The number of thiophene rings is 1. The molecule has 6 nitrogen and oxygen atoms in total. The van der Waals surface area contributed by atoms with Crippen LogP contribution in [0.2, 0.25) is 0 Å². The van der Waals surface area contributed by atoms with E-state index in [1.54, 1.807) is 23.0 Å². The first-order valence-corrected chi connectivity index (χ1v) is 10.8. The van der Waals surface area contributed by atoms with Gasteiger partial charge in [-0.25, -0.2) is 4.98 Å². The molecule has 8 heteroatoms. The SMILES string of the molecule is CC(C)Cc1noc(CSc2nc3sc4c(c3c(=O)n2C)CCCC4)n1. The van der Waals surface area contributed by atoms with E-state index in [1.165, 1.54) is 28.6 Å². The number of fused-ring (bicyclic) bond motifs is 3. The molecule has 0 saturated carbocycles. The van der Waals surface area contributed by atoms with Crippen molar-refractivity contribution < 1.29 is 4.52 Å². The van der Waals surface area contributed by atoms with Crippen molar-refractivity contribution in [2.75, 3.05) is 0 Å². The van der Waals surface area contributed by atoms with Gasteiger partial charge in [0, 0.05) is 18.3 Å². The van der Waals surface area contributed by atoms with Crippen molar-refractivity contribution in [2.24, 2.45) is 13.0 Å². The Bertz CT molecular complexity index is 1000. The molecule has 1 aliphatic rings. The lowest BCUT2D eigenvalue weighted by molar-refractivity contribution is 0.382. The molecule has 138 valence electrons. The quantitative estimate of drug-likeness (QED) is 0.488. The predicted octanol–water partition coefficient (Wildman–Crippen LogP) is 3.75. The number of hydrogen-bond donors (Lipinski definition) is 0. The molecule has 3 heterocycles. The molecular weight excluding hydrogens is 368 g/mol. The van der Waals surface area contributed by atoms with Crippen LogP contribution in [0.25, 0.3) is 10.2 Å². The third-order valence-corrected chi connectivity index (χ3v) is 6.78. The van der Waals surface area contributed by atoms with Crippen LogP contribution in [-0.2, 0) is 32.1 Å². The van der Waals surface area contributed by atoms with Crippen molar-refractivity contribution in [1.29, 1.82) is 0 Å². The van der Waals surface area contributed by atoms with E-state index in [1.807, 2.05) is 0 Å². The molecule has 3 aromatic heterocycles. The summed E-state index contributed by atoms with van der Waals surface area (Å²) in [5.74, 6) is 2.31. The highest BCUT2D eigenvalue weighted by Gasteiger charge is 2.21. The first kappa shape index (κ1) is 17.7. The lowest BCUT2D eigenvalue weighted by Gasteiger charge is -2.10. The van der Waals surface area contributed by atoms with Gasteiger partial charge in [-0.15, -0.1) is 11.3 Å². The van der Waals surface area contributed by atoms with E-state index in [0.717, 1.165) is 41.7 Å². The normalized spacial score (nSPS) is 14.3. The Morgan fingerprint density at radius 1 is 1.27 bits per heavy atom. The van der Waals surface area contributed by atoms with Crippen molar-refractivity contribution in [3.8, 4) is 0 Å². The minimum atomic E-state index is 0.0583. The van der Waals surface area contributed by atoms with Gasteiger partial charge in [-0.3, -0.25) is 9.36 Å². The minimum absolute atomic E-state index is 0.0583. The van der Waals surface area contributed by atoms with Gasteiger partial charge in [0.25, 0.3) is 5.56 Å². The molecule has 0 N–H and O–H groups in total. The number of aromatic nitrogens is 4. The van der Waals surface area contributed by atoms with Crippen molar-refractivity contribution in [2.45, 2.75) is 56.9 Å². The first-order valence-electron chi connectivity index (χ1n) is 8.98. The molecule has 0 spiro atoms. The van der Waals surface area contributed by atoms with Crippen LogP contribution < -0.4 is 5.56 Å². The lowest BCUT2D eigenvalue weighted by Crippen LogP contribution is -2.20. The highest BCUT2D eigenvalue weighted by Crippen LogP contribution is 2.34. The summed E-state index contributed by atoms with van der Waals surface area (Å²) in [5.41, 5.74) is 1.29. The molecule has 0 fully saturated rings. The smallest absolute Gasteiger partial charge is 0.262 e. The Kier molecular flexibility index (Phi) is 4.88. The van der Waals surface area contributed by atoms with Crippen LogP contribution in [0, 0.1) is 5.92 Å². The van der Waals surface area contributed by atoms with Crippen molar-refractivity contribution in [1.82, 2.24) is 19.7 Å². The maximum atomic E-state index is 12.9. The Morgan fingerprint density at radius 3 is 2.88 bits per heavy atom. The predicted molar refractivity (Wildman–Crippen MR) is 104 cm³/mol. The highest BCUT2D eigenvalue weighted by atomic mass is 32.2. The molecule has 0 radical (unpaired) electrons. The molecule has 26 heavy (non-hydrogen) atoms. The second kappa shape index (κ2) is 7.15. The Hall–Kier alpha value is -1.67. The fourth-order valence-electron chi connectivity index (χ4n) is 3.32. The fourth-order valence-corrected chi connectivity index (χ4v) is 5.43. The van der Waals surface area contributed by atoms with Crippen LogP contribution in [0.3, 0.4) is 0 Å². The number of rotatable bonds is 5. The topological polar surface area (TPSA) is 73.8 Å². The standard InChI is InChI=1S/C18H22N4O2S2/c1-10(2)8-13-19-14(24-21-13)9-25-18-20-16-15(17(23)22(18)3)11-6-4-5-7-12(11)26-16/h10H,4-9H2,1-3H3. The van der Waals surface area contributed by atoms with Crippen LogP contribution in [0.4, 0.5) is 0 Å². The van der Waals surface area contributed by atoms with Crippen molar-refractivity contribution >= 4 is 33.3 Å². The number of nitrogens with zero attached hydrogens (tertiary/aromatic N) is 4. The second-order valence-corrected chi connectivity index (χ2v) is 9.17. The van der Waals surface area contributed by atoms with Gasteiger partial charge >= 0.3 is 0 Å². The highest BCUT2D eigenvalue weighted by molar-refractivity contribution is 7.98. The van der Waals surface area contributed by atoms with E-state index in [0.29, 0.717) is 22.7 Å². The van der Waals surface area contributed by atoms with E-state index in [4.69, 9.17) is 9.51 Å². The van der Waals surface area contributed by atoms with Crippen molar-refractivity contribution in [3.05, 3.63) is 32.5 Å². The van der Waals surface area contributed by atoms with Crippen LogP contribution >= 0.6 is 23.1 Å². The molecule has 0 unspecified atom stereocenters. The molecule has 0 aromatic carbocycles. The Labute approximate surface area is 160 Å². The number of aryl methyl sites for hydroxylation is 2. The maximum Gasteiger partial charge on any atom is 0.262 e. The summed E-state index contributed by atoms with van der Waals surface area (Å²) in [6.45, 7) is 4.25. The molecule has 0 amide bonds. The molecule has 4 rings (SSSR count). The van der Waals surface area contributed by atoms with Gasteiger partial charge in [-0.05, 0) is 37.2 Å². The summed E-state index contributed by atoms with van der Waals surface area (Å²) >= 11 is 3.15. The first-order chi connectivity index (χ1) is 12.5. The van der Waals surface area contributed by atoms with E-state index < -0.39 is 0 Å². The monoisotopic (exact) mass is 390 g/mol. The molecule has 0 aliphatic heterocycles. The van der Waals surface area contributed by atoms with Crippen LogP contribution in [0.1, 0.15) is 48.8 Å². The molecular formula is C18H22N4O2S2. The summed E-state index contributed by atoms with van der Waals surface area (Å²) in [7, 11) is 1.79. The van der Waals surface area contributed by atoms with E-state index in [2.05, 4.69) is 24.0 Å². The van der Waals surface area contributed by atoms with Gasteiger partial charge in [0.2, 0.25) is 5.89 Å². The van der Waals surface area contributed by atoms with Crippen LogP contribution in [0.5, 0.6) is 0 Å². The molecule has 0 bridgehead atoms. The Balaban J connectivity index is 1.60. The summed E-state index contributed by atoms with van der Waals surface area (Å²) < 4.78 is 6.97. The number of hydrogen-bond acceptors (Lipinski definition) is 7. The summed E-state index contributed by atoms with van der Waals surface area (Å²) in [4.78, 5) is 24.3. The van der Waals surface area contributed by atoms with Crippen LogP contribution in [0.15, 0.2) is 14.5 Å². The van der Waals surface area contributed by atoms with Gasteiger partial charge in [-0.2, -0.15) is 4.98 Å². The van der Waals surface area contributed by atoms with Gasteiger partial charge in [-0.1, -0.05) is 30.8 Å². The lowest BCUT2D eigenvalue weighted by atomic mass is 9.97. The molecule has 0 atom stereocenters. The Morgan fingerprint density at radius 2 is 2.08 bits per heavy atom. The average molecular weight is 391 g/mol. The number of thioether (sulfide) groups is 1.